The smallest absolute Gasteiger partial charge is 0.338 e. The highest BCUT2D eigenvalue weighted by Crippen LogP contribution is 2.25. The second kappa shape index (κ2) is 7.55. The monoisotopic (exact) mass is 379 g/mol. The van der Waals surface area contributed by atoms with E-state index in [1.165, 1.54) is 28.6 Å². The molecule has 0 saturated carbocycles. The van der Waals surface area contributed by atoms with Crippen LogP contribution in [0.5, 0.6) is 0 Å². The molecule has 1 aliphatic rings. The van der Waals surface area contributed by atoms with Crippen LogP contribution in [0.1, 0.15) is 48.3 Å². The average molecular weight is 379 g/mol. The second-order valence-electron chi connectivity index (χ2n) is 6.28. The molecule has 1 aromatic heterocycles. The van der Waals surface area contributed by atoms with Crippen molar-refractivity contribution in [1.82, 2.24) is 14.5 Å². The van der Waals surface area contributed by atoms with Gasteiger partial charge in [0.1, 0.15) is 0 Å². The largest absolute Gasteiger partial charge is 0.452 e. The number of esters is 1. The Morgan fingerprint density at radius 2 is 2.15 bits per heavy atom. The van der Waals surface area contributed by atoms with E-state index in [0.29, 0.717) is 12.4 Å². The molecule has 0 N–H and O–H groups in total. The Balaban J connectivity index is 1.75. The maximum absolute atomic E-state index is 12.9. The second-order valence-corrected chi connectivity index (χ2v) is 8.17. The van der Waals surface area contributed by atoms with Gasteiger partial charge in [0.2, 0.25) is 15.9 Å². The topological polar surface area (TPSA) is 103 Å². The summed E-state index contributed by atoms with van der Waals surface area (Å²) >= 11 is 0. The molecule has 0 bridgehead atoms. The first-order chi connectivity index (χ1) is 12.4. The van der Waals surface area contributed by atoms with Crippen LogP contribution in [-0.4, -0.2) is 41.5 Å². The molecular weight excluding hydrogens is 358 g/mol. The molecule has 0 radical (unpaired) electrons. The Labute approximate surface area is 152 Å². The summed E-state index contributed by atoms with van der Waals surface area (Å²) in [6, 6.07) is 5.84. The van der Waals surface area contributed by atoms with E-state index in [-0.39, 0.29) is 29.0 Å². The fourth-order valence-corrected chi connectivity index (χ4v) is 4.70. The third kappa shape index (κ3) is 3.94. The highest BCUT2D eigenvalue weighted by atomic mass is 32.2. The average Bonchev–Trinajstić information content (AvgIpc) is 3.05. The number of hydrogen-bond acceptors (Lipinski definition) is 7. The molecule has 0 aliphatic carbocycles. The highest BCUT2D eigenvalue weighted by molar-refractivity contribution is 7.89. The molecule has 0 amide bonds. The van der Waals surface area contributed by atoms with Crippen LogP contribution >= 0.6 is 0 Å². The van der Waals surface area contributed by atoms with E-state index in [9.17, 15) is 13.2 Å². The van der Waals surface area contributed by atoms with E-state index in [4.69, 9.17) is 9.15 Å². The fraction of sp³-hybridized carbons (Fsp3) is 0.471. The summed E-state index contributed by atoms with van der Waals surface area (Å²) in [5.74, 6) is -0.0915. The maximum atomic E-state index is 12.9. The van der Waals surface area contributed by atoms with E-state index in [1.807, 2.05) is 6.92 Å². The molecule has 2 aromatic rings. The zero-order valence-corrected chi connectivity index (χ0v) is 15.5. The third-order valence-electron chi connectivity index (χ3n) is 4.31. The van der Waals surface area contributed by atoms with Crippen molar-refractivity contribution in [2.45, 2.75) is 50.7 Å². The van der Waals surface area contributed by atoms with Gasteiger partial charge in [-0.05, 0) is 38.0 Å². The maximum Gasteiger partial charge on any atom is 0.338 e. The molecule has 26 heavy (non-hydrogen) atoms. The van der Waals surface area contributed by atoms with Crippen LogP contribution in [0.25, 0.3) is 0 Å². The molecule has 140 valence electrons. The number of carbonyl (C=O) groups excluding carboxylic acids is 1. The van der Waals surface area contributed by atoms with Crippen molar-refractivity contribution in [2.75, 3.05) is 6.54 Å². The van der Waals surface area contributed by atoms with Crippen molar-refractivity contribution in [3.8, 4) is 0 Å². The van der Waals surface area contributed by atoms with Gasteiger partial charge in [0, 0.05) is 19.5 Å². The lowest BCUT2D eigenvalue weighted by Gasteiger charge is -2.32. The molecular formula is C17H21N3O5S. The normalized spacial score (nSPS) is 18.6. The summed E-state index contributed by atoms with van der Waals surface area (Å²) in [4.78, 5) is 12.3. The van der Waals surface area contributed by atoms with E-state index in [2.05, 4.69) is 10.2 Å². The zero-order valence-electron chi connectivity index (χ0n) is 14.7. The third-order valence-corrected chi connectivity index (χ3v) is 6.32. The van der Waals surface area contributed by atoms with Gasteiger partial charge in [0.25, 0.3) is 5.89 Å². The van der Waals surface area contributed by atoms with Gasteiger partial charge in [-0.25, -0.2) is 13.2 Å². The number of nitrogens with zero attached hydrogens (tertiary/aromatic N) is 3. The molecule has 1 aromatic carbocycles. The van der Waals surface area contributed by atoms with Crippen LogP contribution in [0.2, 0.25) is 0 Å². The van der Waals surface area contributed by atoms with Crippen LogP contribution in [0, 0.1) is 6.92 Å². The van der Waals surface area contributed by atoms with Crippen molar-refractivity contribution < 1.29 is 22.4 Å². The molecule has 0 spiro atoms. The minimum absolute atomic E-state index is 0.0508. The summed E-state index contributed by atoms with van der Waals surface area (Å²) < 4.78 is 37.5. The lowest BCUT2D eigenvalue weighted by molar-refractivity contribution is 0.0436. The Bertz CT molecular complexity index is 893. The summed E-state index contributed by atoms with van der Waals surface area (Å²) in [7, 11) is -3.65. The van der Waals surface area contributed by atoms with Crippen LogP contribution in [0.4, 0.5) is 0 Å². The van der Waals surface area contributed by atoms with Crippen molar-refractivity contribution >= 4 is 16.0 Å². The van der Waals surface area contributed by atoms with Gasteiger partial charge in [-0.15, -0.1) is 10.2 Å². The van der Waals surface area contributed by atoms with Crippen LogP contribution < -0.4 is 0 Å². The van der Waals surface area contributed by atoms with Gasteiger partial charge < -0.3 is 9.15 Å². The molecule has 8 nitrogen and oxygen atoms in total. The standard InChI is InChI=1S/C17H21N3O5S/c1-12-6-3-4-9-20(12)26(22,23)15-8-5-7-14(10-15)17(21)24-11-16-19-18-13(2)25-16/h5,7-8,10,12H,3-4,6,9,11H2,1-2H3/t12-/m0/s1. The number of ether oxygens (including phenoxy) is 1. The van der Waals surface area contributed by atoms with Crippen LogP contribution in [0.3, 0.4) is 0 Å². The first-order valence-corrected chi connectivity index (χ1v) is 9.90. The van der Waals surface area contributed by atoms with Gasteiger partial charge in [0.15, 0.2) is 6.61 Å². The lowest BCUT2D eigenvalue weighted by atomic mass is 10.1. The minimum Gasteiger partial charge on any atom is -0.452 e. The van der Waals surface area contributed by atoms with E-state index in [0.717, 1.165) is 19.3 Å². The van der Waals surface area contributed by atoms with Crippen molar-refractivity contribution in [1.29, 1.82) is 0 Å². The molecule has 1 aliphatic heterocycles. The summed E-state index contributed by atoms with van der Waals surface area (Å²) in [5.41, 5.74) is 0.159. The first-order valence-electron chi connectivity index (χ1n) is 8.46. The van der Waals surface area contributed by atoms with Crippen molar-refractivity contribution in [3.05, 3.63) is 41.6 Å². The number of aromatic nitrogens is 2. The zero-order chi connectivity index (χ0) is 18.7. The van der Waals surface area contributed by atoms with Gasteiger partial charge >= 0.3 is 5.97 Å². The number of hydrogen-bond donors (Lipinski definition) is 0. The Hall–Kier alpha value is -2.26. The van der Waals surface area contributed by atoms with E-state index < -0.39 is 16.0 Å². The predicted molar refractivity (Wildman–Crippen MR) is 91.8 cm³/mol. The van der Waals surface area contributed by atoms with Crippen LogP contribution in [0.15, 0.2) is 33.6 Å². The lowest BCUT2D eigenvalue weighted by Crippen LogP contribution is -2.41. The number of aryl methyl sites for hydroxylation is 1. The van der Waals surface area contributed by atoms with Gasteiger partial charge in [-0.2, -0.15) is 4.31 Å². The Morgan fingerprint density at radius 3 is 2.85 bits per heavy atom. The molecule has 2 heterocycles. The first kappa shape index (κ1) is 18.5. The van der Waals surface area contributed by atoms with E-state index in [1.54, 1.807) is 6.92 Å². The molecule has 1 atom stereocenters. The quantitative estimate of drug-likeness (QED) is 0.734. The molecule has 0 unspecified atom stereocenters. The SMILES string of the molecule is Cc1nnc(COC(=O)c2cccc(S(=O)(=O)N3CCCC[C@@H]3C)c2)o1. The molecule has 9 heteroatoms. The van der Waals surface area contributed by atoms with E-state index >= 15 is 0 Å². The van der Waals surface area contributed by atoms with Gasteiger partial charge in [-0.3, -0.25) is 0 Å². The Morgan fingerprint density at radius 1 is 1.35 bits per heavy atom. The Kier molecular flexibility index (Phi) is 5.38. The highest BCUT2D eigenvalue weighted by Gasteiger charge is 2.31. The number of benzene rings is 1. The molecule has 1 saturated heterocycles. The summed E-state index contributed by atoms with van der Waals surface area (Å²) in [6.07, 6.45) is 2.70. The van der Waals surface area contributed by atoms with Gasteiger partial charge in [-0.1, -0.05) is 12.5 Å². The number of piperidine rings is 1. The number of rotatable bonds is 5. The molecule has 3 rings (SSSR count). The fourth-order valence-electron chi connectivity index (χ4n) is 2.95. The number of sulfonamides is 1. The minimum atomic E-state index is -3.65. The van der Waals surface area contributed by atoms with Crippen molar-refractivity contribution in [3.63, 3.8) is 0 Å². The summed E-state index contributed by atoms with van der Waals surface area (Å²) in [5, 5.41) is 7.39. The number of carbonyl (C=O) groups is 1. The van der Waals surface area contributed by atoms with Crippen LogP contribution in [-0.2, 0) is 21.4 Å². The molecule has 1 fully saturated rings. The summed E-state index contributed by atoms with van der Waals surface area (Å²) in [6.45, 7) is 3.87. The van der Waals surface area contributed by atoms with Crippen molar-refractivity contribution in [2.24, 2.45) is 0 Å². The van der Waals surface area contributed by atoms with Gasteiger partial charge in [0.05, 0.1) is 10.5 Å². The predicted octanol–water partition coefficient (Wildman–Crippen LogP) is 2.30.